The number of ether oxygens (including phenoxy) is 2. The van der Waals surface area contributed by atoms with Crippen molar-refractivity contribution in [2.45, 2.75) is 13.1 Å². The van der Waals surface area contributed by atoms with Crippen molar-refractivity contribution in [2.24, 2.45) is 0 Å². The lowest BCUT2D eigenvalue weighted by molar-refractivity contribution is 0.0935. The molecule has 1 amide bonds. The summed E-state index contributed by atoms with van der Waals surface area (Å²) in [6.07, 6.45) is -0.347. The van der Waals surface area contributed by atoms with E-state index >= 15 is 0 Å². The van der Waals surface area contributed by atoms with Crippen molar-refractivity contribution in [1.82, 2.24) is 5.32 Å². The predicted octanol–water partition coefficient (Wildman–Crippen LogP) is 3.60. The molecule has 1 atom stereocenters. The predicted molar refractivity (Wildman–Crippen MR) is 89.4 cm³/mol. The van der Waals surface area contributed by atoms with Crippen molar-refractivity contribution in [3.8, 4) is 11.5 Å². The Balaban J connectivity index is 1.91. The monoisotopic (exact) mass is 332 g/mol. The molecule has 0 bridgehead atoms. The van der Waals surface area contributed by atoms with Crippen LogP contribution in [0.3, 0.4) is 0 Å². The smallest absolute Gasteiger partial charge is 0.255 e. The second-order valence-corrected chi connectivity index (χ2v) is 5.52. The molecule has 120 valence electrons. The Labute approximate surface area is 139 Å². The molecule has 2 aromatic carbocycles. The molecule has 3 rings (SSSR count). The highest BCUT2D eigenvalue weighted by Crippen LogP contribution is 2.33. The highest BCUT2D eigenvalue weighted by atomic mass is 35.5. The molecule has 1 aliphatic heterocycles. The van der Waals surface area contributed by atoms with E-state index in [-0.39, 0.29) is 12.1 Å². The van der Waals surface area contributed by atoms with Gasteiger partial charge in [-0.2, -0.15) is 0 Å². The average molecular weight is 333 g/mol. The van der Waals surface area contributed by atoms with Gasteiger partial charge in [0.25, 0.3) is 5.91 Å². The third-order valence-corrected chi connectivity index (χ3v) is 3.86. The first-order valence-corrected chi connectivity index (χ1v) is 7.68. The lowest BCUT2D eigenvalue weighted by Gasteiger charge is -2.28. The van der Waals surface area contributed by atoms with Crippen molar-refractivity contribution >= 4 is 23.2 Å². The number of nitrogens with one attached hydrogen (secondary N) is 2. The number of hydrogen-bond acceptors (Lipinski definition) is 4. The molecule has 0 radical (unpaired) electrons. The summed E-state index contributed by atoms with van der Waals surface area (Å²) in [5.41, 5.74) is 2.15. The number of carbonyl (C=O) groups excluding carboxylic acids is 1. The van der Waals surface area contributed by atoms with Crippen LogP contribution in [0.15, 0.2) is 36.4 Å². The summed E-state index contributed by atoms with van der Waals surface area (Å²) in [6, 6.07) is 10.8. The zero-order valence-electron chi connectivity index (χ0n) is 12.9. The number of halogens is 1. The maximum atomic E-state index is 12.3. The molecule has 23 heavy (non-hydrogen) atoms. The third-order valence-electron chi connectivity index (χ3n) is 3.62. The molecule has 0 saturated carbocycles. The first-order valence-electron chi connectivity index (χ1n) is 7.30. The second-order valence-electron chi connectivity index (χ2n) is 5.08. The van der Waals surface area contributed by atoms with Gasteiger partial charge >= 0.3 is 0 Å². The van der Waals surface area contributed by atoms with Crippen molar-refractivity contribution < 1.29 is 14.3 Å². The third kappa shape index (κ3) is 3.05. The summed E-state index contributed by atoms with van der Waals surface area (Å²) in [4.78, 5) is 12.3. The summed E-state index contributed by atoms with van der Waals surface area (Å²) in [7, 11) is 1.59. The molecule has 2 aromatic rings. The first kappa shape index (κ1) is 15.5. The lowest BCUT2D eigenvalue weighted by Crippen LogP contribution is -2.38. The fourth-order valence-electron chi connectivity index (χ4n) is 2.54. The number of amides is 1. The van der Waals surface area contributed by atoms with Crippen molar-refractivity contribution in [3.05, 3.63) is 52.5 Å². The zero-order valence-corrected chi connectivity index (χ0v) is 13.6. The van der Waals surface area contributed by atoms with Gasteiger partial charge in [0.05, 0.1) is 19.3 Å². The summed E-state index contributed by atoms with van der Waals surface area (Å²) in [6.45, 7) is 2.47. The Morgan fingerprint density at radius 2 is 1.96 bits per heavy atom. The molecule has 0 spiro atoms. The van der Waals surface area contributed by atoms with Gasteiger partial charge in [0.1, 0.15) is 6.17 Å². The van der Waals surface area contributed by atoms with Gasteiger partial charge < -0.3 is 20.1 Å². The van der Waals surface area contributed by atoms with Gasteiger partial charge in [-0.05, 0) is 42.8 Å². The minimum absolute atomic E-state index is 0.167. The number of carbonyl (C=O) groups is 1. The van der Waals surface area contributed by atoms with Crippen LogP contribution in [0.4, 0.5) is 5.69 Å². The van der Waals surface area contributed by atoms with Crippen LogP contribution in [0.5, 0.6) is 11.5 Å². The zero-order chi connectivity index (χ0) is 16.4. The minimum atomic E-state index is -0.347. The van der Waals surface area contributed by atoms with E-state index in [4.69, 9.17) is 21.1 Å². The maximum Gasteiger partial charge on any atom is 0.255 e. The lowest BCUT2D eigenvalue weighted by atomic mass is 10.1. The molecule has 6 heteroatoms. The first-order chi connectivity index (χ1) is 11.1. The van der Waals surface area contributed by atoms with E-state index in [1.54, 1.807) is 25.3 Å². The van der Waals surface area contributed by atoms with E-state index in [2.05, 4.69) is 10.6 Å². The highest BCUT2D eigenvalue weighted by Gasteiger charge is 2.25. The maximum absolute atomic E-state index is 12.3. The molecular weight excluding hydrogens is 316 g/mol. The number of methoxy groups -OCH3 is 1. The largest absolute Gasteiger partial charge is 0.493 e. The van der Waals surface area contributed by atoms with Crippen LogP contribution in [0, 0.1) is 0 Å². The average Bonchev–Trinajstić information content (AvgIpc) is 2.56. The Hall–Kier alpha value is -2.40. The molecule has 2 N–H and O–H groups in total. The van der Waals surface area contributed by atoms with E-state index in [0.717, 1.165) is 11.3 Å². The Morgan fingerprint density at radius 3 is 2.70 bits per heavy atom. The number of fused-ring (bicyclic) bond motifs is 1. The van der Waals surface area contributed by atoms with Gasteiger partial charge in [0, 0.05) is 10.7 Å². The van der Waals surface area contributed by atoms with E-state index < -0.39 is 0 Å². The Morgan fingerprint density at radius 1 is 1.13 bits per heavy atom. The van der Waals surface area contributed by atoms with Crippen LogP contribution >= 0.6 is 11.6 Å². The summed E-state index contributed by atoms with van der Waals surface area (Å²) in [5, 5.41) is 6.73. The minimum Gasteiger partial charge on any atom is -0.493 e. The number of rotatable bonds is 4. The molecule has 0 aromatic heterocycles. The second kappa shape index (κ2) is 6.38. The van der Waals surface area contributed by atoms with Gasteiger partial charge in [-0.25, -0.2) is 0 Å². The van der Waals surface area contributed by atoms with Crippen molar-refractivity contribution in [3.63, 3.8) is 0 Å². The highest BCUT2D eigenvalue weighted by molar-refractivity contribution is 6.31. The topological polar surface area (TPSA) is 59.6 Å². The molecule has 0 fully saturated rings. The Kier molecular flexibility index (Phi) is 4.30. The standard InChI is InChI=1S/C17H17ClN2O3/c1-3-23-14-7-4-10(8-15(14)22-2)16-19-13-6-5-11(18)9-12(13)17(21)20-16/h4-9,16,19H,3H2,1-2H3,(H,20,21). The molecule has 1 aliphatic rings. The van der Waals surface area contributed by atoms with Gasteiger partial charge in [0.15, 0.2) is 11.5 Å². The van der Waals surface area contributed by atoms with Crippen LogP contribution in [-0.4, -0.2) is 19.6 Å². The van der Waals surface area contributed by atoms with E-state index in [1.807, 2.05) is 25.1 Å². The number of anilines is 1. The van der Waals surface area contributed by atoms with Crippen LogP contribution < -0.4 is 20.1 Å². The molecule has 1 unspecified atom stereocenters. The van der Waals surface area contributed by atoms with E-state index in [0.29, 0.717) is 28.7 Å². The molecule has 5 nitrogen and oxygen atoms in total. The fourth-order valence-corrected chi connectivity index (χ4v) is 2.71. The normalized spacial score (nSPS) is 16.1. The quantitative estimate of drug-likeness (QED) is 0.898. The molecule has 0 saturated heterocycles. The molecule has 0 aliphatic carbocycles. The van der Waals surface area contributed by atoms with Crippen LogP contribution in [0.25, 0.3) is 0 Å². The van der Waals surface area contributed by atoms with E-state index in [9.17, 15) is 4.79 Å². The summed E-state index contributed by atoms with van der Waals surface area (Å²) >= 11 is 5.94. The van der Waals surface area contributed by atoms with Gasteiger partial charge in [-0.1, -0.05) is 17.7 Å². The Bertz CT molecular complexity index is 749. The number of benzene rings is 2. The molecule has 1 heterocycles. The van der Waals surface area contributed by atoms with Crippen molar-refractivity contribution in [1.29, 1.82) is 0 Å². The summed E-state index contributed by atoms with van der Waals surface area (Å²) < 4.78 is 10.9. The van der Waals surface area contributed by atoms with Crippen LogP contribution in [0.1, 0.15) is 29.0 Å². The summed E-state index contributed by atoms with van der Waals surface area (Å²) in [5.74, 6) is 1.13. The van der Waals surface area contributed by atoms with Gasteiger partial charge in [-0.3, -0.25) is 4.79 Å². The SMILES string of the molecule is CCOc1ccc(C2NC(=O)c3cc(Cl)ccc3N2)cc1OC. The van der Waals surface area contributed by atoms with E-state index in [1.165, 1.54) is 0 Å². The van der Waals surface area contributed by atoms with Crippen LogP contribution in [-0.2, 0) is 0 Å². The van der Waals surface area contributed by atoms with Crippen LogP contribution in [0.2, 0.25) is 5.02 Å². The number of hydrogen-bond donors (Lipinski definition) is 2. The van der Waals surface area contributed by atoms with Gasteiger partial charge in [-0.15, -0.1) is 0 Å². The van der Waals surface area contributed by atoms with Crippen molar-refractivity contribution in [2.75, 3.05) is 19.0 Å². The molecular formula is C17H17ClN2O3. The van der Waals surface area contributed by atoms with Gasteiger partial charge in [0.2, 0.25) is 0 Å². The fraction of sp³-hybridized carbons (Fsp3) is 0.235.